The first-order valence-electron chi connectivity index (χ1n) is 8.62. The van der Waals surface area contributed by atoms with Gasteiger partial charge in [0, 0.05) is 13.0 Å². The van der Waals surface area contributed by atoms with Gasteiger partial charge in [-0.3, -0.25) is 4.90 Å². The van der Waals surface area contributed by atoms with Gasteiger partial charge in [0.15, 0.2) is 0 Å². The van der Waals surface area contributed by atoms with Crippen LogP contribution in [0.1, 0.15) is 18.4 Å². The van der Waals surface area contributed by atoms with E-state index in [-0.39, 0.29) is 5.82 Å². The molecule has 3 rings (SSSR count). The fraction of sp³-hybridized carbons (Fsp3) is 0.400. The van der Waals surface area contributed by atoms with Crippen molar-refractivity contribution in [3.8, 4) is 11.5 Å². The molecule has 0 aromatic heterocycles. The number of ether oxygens (including phenoxy) is 2. The van der Waals surface area contributed by atoms with Crippen LogP contribution in [0.3, 0.4) is 0 Å². The lowest BCUT2D eigenvalue weighted by molar-refractivity contribution is 0.237. The van der Waals surface area contributed by atoms with E-state index in [9.17, 15) is 4.39 Å². The monoisotopic (exact) mass is 329 g/mol. The van der Waals surface area contributed by atoms with Crippen molar-refractivity contribution in [3.63, 3.8) is 0 Å². The van der Waals surface area contributed by atoms with Crippen LogP contribution in [0.15, 0.2) is 48.5 Å². The highest BCUT2D eigenvalue weighted by Crippen LogP contribution is 2.18. The van der Waals surface area contributed by atoms with E-state index >= 15 is 0 Å². The minimum absolute atomic E-state index is 0.206. The first-order chi connectivity index (χ1) is 11.8. The van der Waals surface area contributed by atoms with Crippen LogP contribution in [0.2, 0.25) is 0 Å². The summed E-state index contributed by atoms with van der Waals surface area (Å²) in [6.07, 6.45) is 3.30. The van der Waals surface area contributed by atoms with E-state index in [1.807, 2.05) is 30.3 Å². The molecule has 1 aliphatic heterocycles. The van der Waals surface area contributed by atoms with Crippen molar-refractivity contribution >= 4 is 0 Å². The van der Waals surface area contributed by atoms with Crippen LogP contribution in [0.5, 0.6) is 11.5 Å². The highest BCUT2D eigenvalue weighted by molar-refractivity contribution is 5.31. The molecule has 128 valence electrons. The Hall–Kier alpha value is -2.07. The normalized spacial score (nSPS) is 14.7. The Morgan fingerprint density at radius 3 is 2.21 bits per heavy atom. The number of hydrogen-bond donors (Lipinski definition) is 0. The predicted molar refractivity (Wildman–Crippen MR) is 93.2 cm³/mol. The zero-order chi connectivity index (χ0) is 16.6. The van der Waals surface area contributed by atoms with E-state index in [1.54, 1.807) is 12.1 Å². The molecule has 1 saturated heterocycles. The average Bonchev–Trinajstić information content (AvgIpc) is 3.10. The first-order valence-corrected chi connectivity index (χ1v) is 8.62. The molecule has 0 unspecified atom stereocenters. The molecule has 2 aromatic carbocycles. The summed E-state index contributed by atoms with van der Waals surface area (Å²) in [5.41, 5.74) is 0.942. The van der Waals surface area contributed by atoms with E-state index in [0.717, 1.165) is 30.2 Å². The second kappa shape index (κ2) is 8.69. The third-order valence-corrected chi connectivity index (χ3v) is 4.25. The predicted octanol–water partition coefficient (Wildman–Crippen LogP) is 3.92. The van der Waals surface area contributed by atoms with Gasteiger partial charge in [0.25, 0.3) is 0 Å². The molecule has 1 heterocycles. The van der Waals surface area contributed by atoms with Gasteiger partial charge < -0.3 is 9.47 Å². The van der Waals surface area contributed by atoms with Gasteiger partial charge in [0.1, 0.15) is 23.9 Å². The molecule has 3 nitrogen and oxygen atoms in total. The Balaban J connectivity index is 1.37. The molecule has 0 aliphatic carbocycles. The maximum atomic E-state index is 13.1. The van der Waals surface area contributed by atoms with E-state index in [1.165, 1.54) is 32.0 Å². The summed E-state index contributed by atoms with van der Waals surface area (Å²) in [5, 5.41) is 0. The smallest absolute Gasteiger partial charge is 0.123 e. The zero-order valence-corrected chi connectivity index (χ0v) is 13.9. The van der Waals surface area contributed by atoms with Crippen LogP contribution >= 0.6 is 0 Å². The molecule has 0 bridgehead atoms. The van der Waals surface area contributed by atoms with Crippen LogP contribution in [0.25, 0.3) is 0 Å². The summed E-state index contributed by atoms with van der Waals surface area (Å²) in [6.45, 7) is 4.63. The van der Waals surface area contributed by atoms with Crippen LogP contribution in [0, 0.1) is 5.82 Å². The molecule has 0 saturated carbocycles. The van der Waals surface area contributed by atoms with Crippen molar-refractivity contribution < 1.29 is 13.9 Å². The van der Waals surface area contributed by atoms with Crippen LogP contribution < -0.4 is 9.47 Å². The lowest BCUT2D eigenvalue weighted by atomic mass is 10.1. The highest BCUT2D eigenvalue weighted by Gasteiger charge is 2.10. The molecule has 0 atom stereocenters. The van der Waals surface area contributed by atoms with Crippen LogP contribution in [0.4, 0.5) is 4.39 Å². The van der Waals surface area contributed by atoms with Gasteiger partial charge in [-0.1, -0.05) is 12.1 Å². The van der Waals surface area contributed by atoms with Gasteiger partial charge in [-0.15, -0.1) is 0 Å². The Labute approximate surface area is 143 Å². The molecule has 0 N–H and O–H groups in total. The van der Waals surface area contributed by atoms with Crippen molar-refractivity contribution in [1.82, 2.24) is 4.90 Å². The van der Waals surface area contributed by atoms with Gasteiger partial charge in [-0.2, -0.15) is 0 Å². The second-order valence-corrected chi connectivity index (χ2v) is 6.10. The second-order valence-electron chi connectivity index (χ2n) is 6.10. The number of rotatable bonds is 8. The first kappa shape index (κ1) is 16.8. The van der Waals surface area contributed by atoms with E-state index in [2.05, 4.69) is 4.90 Å². The van der Waals surface area contributed by atoms with Crippen molar-refractivity contribution in [2.24, 2.45) is 0 Å². The number of halogens is 1. The minimum atomic E-state index is -0.206. The Kier molecular flexibility index (Phi) is 6.07. The third-order valence-electron chi connectivity index (χ3n) is 4.25. The summed E-state index contributed by atoms with van der Waals surface area (Å²) in [4.78, 5) is 2.43. The molecule has 4 heteroatoms. The van der Waals surface area contributed by atoms with Crippen molar-refractivity contribution in [2.75, 3.05) is 32.8 Å². The number of hydrogen-bond acceptors (Lipinski definition) is 3. The number of likely N-dealkylation sites (tertiary alicyclic amines) is 1. The van der Waals surface area contributed by atoms with Crippen LogP contribution in [-0.2, 0) is 6.42 Å². The van der Waals surface area contributed by atoms with Crippen molar-refractivity contribution in [3.05, 3.63) is 59.9 Å². The standard InChI is InChI=1S/C20H24FNO2/c21-18-5-3-4-17(16-18)10-14-23-19-6-8-20(9-7-19)24-15-13-22-11-1-2-12-22/h3-9,16H,1-2,10-15H2. The quantitative estimate of drug-likeness (QED) is 0.733. The molecule has 24 heavy (non-hydrogen) atoms. The van der Waals surface area contributed by atoms with Gasteiger partial charge in [0.05, 0.1) is 6.61 Å². The number of nitrogens with zero attached hydrogens (tertiary/aromatic N) is 1. The fourth-order valence-corrected chi connectivity index (χ4v) is 2.91. The Morgan fingerprint density at radius 1 is 0.875 bits per heavy atom. The summed E-state index contributed by atoms with van der Waals surface area (Å²) in [7, 11) is 0. The van der Waals surface area contributed by atoms with Crippen molar-refractivity contribution in [2.45, 2.75) is 19.3 Å². The van der Waals surface area contributed by atoms with E-state index < -0.39 is 0 Å². The Morgan fingerprint density at radius 2 is 1.54 bits per heavy atom. The number of benzene rings is 2. The largest absolute Gasteiger partial charge is 0.493 e. The SMILES string of the molecule is Fc1cccc(CCOc2ccc(OCCN3CCCC3)cc2)c1. The Bertz CT molecular complexity index is 624. The molecular weight excluding hydrogens is 305 g/mol. The third kappa shape index (κ3) is 5.24. The summed E-state index contributed by atoms with van der Waals surface area (Å²) in [5.74, 6) is 1.47. The minimum Gasteiger partial charge on any atom is -0.493 e. The fourth-order valence-electron chi connectivity index (χ4n) is 2.91. The lowest BCUT2D eigenvalue weighted by Crippen LogP contribution is -2.25. The summed E-state index contributed by atoms with van der Waals surface area (Å²) >= 11 is 0. The maximum absolute atomic E-state index is 13.1. The van der Waals surface area contributed by atoms with Gasteiger partial charge in [0.2, 0.25) is 0 Å². The highest BCUT2D eigenvalue weighted by atomic mass is 19.1. The molecule has 0 spiro atoms. The topological polar surface area (TPSA) is 21.7 Å². The molecule has 2 aromatic rings. The van der Waals surface area contributed by atoms with E-state index in [0.29, 0.717) is 13.0 Å². The molecule has 1 aliphatic rings. The zero-order valence-electron chi connectivity index (χ0n) is 13.9. The summed E-state index contributed by atoms with van der Waals surface area (Å²) < 4.78 is 24.6. The summed E-state index contributed by atoms with van der Waals surface area (Å²) in [6, 6.07) is 14.3. The maximum Gasteiger partial charge on any atom is 0.123 e. The average molecular weight is 329 g/mol. The molecule has 0 amide bonds. The molecular formula is C20H24FNO2. The van der Waals surface area contributed by atoms with E-state index in [4.69, 9.17) is 9.47 Å². The van der Waals surface area contributed by atoms with Crippen molar-refractivity contribution in [1.29, 1.82) is 0 Å². The van der Waals surface area contributed by atoms with Gasteiger partial charge in [-0.25, -0.2) is 4.39 Å². The van der Waals surface area contributed by atoms with Gasteiger partial charge in [-0.05, 0) is 67.9 Å². The van der Waals surface area contributed by atoms with Gasteiger partial charge >= 0.3 is 0 Å². The molecule has 1 fully saturated rings. The lowest BCUT2D eigenvalue weighted by Gasteiger charge is -2.15. The molecule has 0 radical (unpaired) electrons. The van der Waals surface area contributed by atoms with Crippen LogP contribution in [-0.4, -0.2) is 37.7 Å².